The molecular weight excluding hydrogens is 423 g/mol. The number of hydrogen-bond acceptors (Lipinski definition) is 8. The molecule has 32 heavy (non-hydrogen) atoms. The molecule has 11 nitrogen and oxygen atoms in total. The van der Waals surface area contributed by atoms with Crippen molar-refractivity contribution in [2.45, 2.75) is 39.5 Å². The number of aryl methyl sites for hydroxylation is 1. The van der Waals surface area contributed by atoms with Crippen molar-refractivity contribution in [1.82, 2.24) is 30.8 Å². The summed E-state index contributed by atoms with van der Waals surface area (Å²) < 4.78 is 18.1. The molecule has 0 radical (unpaired) electrons. The maximum Gasteiger partial charge on any atom is 0.309 e. The Labute approximate surface area is 181 Å². The molecule has 1 atom stereocenters. The number of hydrogen-bond donors (Lipinski definition) is 4. The van der Waals surface area contributed by atoms with E-state index < -0.39 is 35.8 Å². The van der Waals surface area contributed by atoms with Crippen LogP contribution in [0.1, 0.15) is 63.4 Å². The number of H-pyrrole nitrogens is 1. The van der Waals surface area contributed by atoms with Crippen LogP contribution in [0.2, 0.25) is 0 Å². The normalized spacial score (nSPS) is 11.8. The number of nitrogens with one attached hydrogen (secondary N) is 3. The Hall–Kier alpha value is -3.93. The second kappa shape index (κ2) is 9.92. The third kappa shape index (κ3) is 5.21. The van der Waals surface area contributed by atoms with Crippen molar-refractivity contribution in [2.75, 3.05) is 0 Å². The van der Waals surface area contributed by atoms with E-state index in [2.05, 4.69) is 30.8 Å². The monoisotopic (exact) mass is 444 g/mol. The van der Waals surface area contributed by atoms with Gasteiger partial charge in [0.15, 0.2) is 0 Å². The summed E-state index contributed by atoms with van der Waals surface area (Å²) in [6.07, 6.45) is 0.316. The van der Waals surface area contributed by atoms with E-state index in [9.17, 15) is 23.9 Å². The summed E-state index contributed by atoms with van der Waals surface area (Å²) >= 11 is 0. The Morgan fingerprint density at radius 1 is 1.22 bits per heavy atom. The van der Waals surface area contributed by atoms with Gasteiger partial charge in [0.2, 0.25) is 5.89 Å². The van der Waals surface area contributed by atoms with Crippen LogP contribution in [0.5, 0.6) is 0 Å². The average molecular weight is 444 g/mol. The maximum absolute atomic E-state index is 13.0. The number of amides is 2. The number of aromatic nitrogens is 4. The van der Waals surface area contributed by atoms with Gasteiger partial charge in [0, 0.05) is 13.5 Å². The summed E-state index contributed by atoms with van der Waals surface area (Å²) in [6.45, 7) is 2.60. The largest absolute Gasteiger partial charge is 0.417 e. The van der Waals surface area contributed by atoms with Gasteiger partial charge in [-0.05, 0) is 24.1 Å². The van der Waals surface area contributed by atoms with Crippen molar-refractivity contribution in [1.29, 1.82) is 0 Å². The summed E-state index contributed by atoms with van der Waals surface area (Å²) in [4.78, 5) is 44.2. The van der Waals surface area contributed by atoms with Crippen LogP contribution in [0.15, 0.2) is 33.5 Å². The maximum atomic E-state index is 13.0. The smallest absolute Gasteiger partial charge is 0.309 e. The van der Waals surface area contributed by atoms with E-state index in [4.69, 9.17) is 4.42 Å². The molecule has 0 saturated heterocycles. The third-order valence-corrected chi connectivity index (χ3v) is 4.54. The zero-order valence-corrected chi connectivity index (χ0v) is 17.3. The fraction of sp³-hybridized carbons (Fsp3) is 0.300. The SMILES string of the molecule is CCC(NC(=O)c1nnc(C)o1)c1nc(C(=O)NCc2ccc(F)cc2)c(CO)c(=O)[nH]1. The van der Waals surface area contributed by atoms with Crippen LogP contribution in [0, 0.1) is 12.7 Å². The van der Waals surface area contributed by atoms with E-state index >= 15 is 0 Å². The van der Waals surface area contributed by atoms with Crippen molar-refractivity contribution < 1.29 is 23.5 Å². The lowest BCUT2D eigenvalue weighted by molar-refractivity contribution is 0.0897. The molecule has 0 aliphatic heterocycles. The summed E-state index contributed by atoms with van der Waals surface area (Å²) in [5, 5.41) is 22.0. The predicted octanol–water partition coefficient (Wildman–Crippen LogP) is 0.904. The quantitative estimate of drug-likeness (QED) is 0.398. The number of nitrogens with zero attached hydrogens (tertiary/aromatic N) is 3. The molecule has 0 saturated carbocycles. The Bertz CT molecular complexity index is 1170. The third-order valence-electron chi connectivity index (χ3n) is 4.54. The minimum Gasteiger partial charge on any atom is -0.417 e. The molecule has 2 amide bonds. The highest BCUT2D eigenvalue weighted by molar-refractivity contribution is 5.93. The second-order valence-electron chi connectivity index (χ2n) is 6.81. The predicted molar refractivity (Wildman–Crippen MR) is 108 cm³/mol. The van der Waals surface area contributed by atoms with E-state index in [0.29, 0.717) is 12.0 Å². The fourth-order valence-electron chi connectivity index (χ4n) is 2.86. The molecule has 4 N–H and O–H groups in total. The molecule has 0 fully saturated rings. The first-order valence-electron chi connectivity index (χ1n) is 9.69. The minimum absolute atomic E-state index is 0.0196. The average Bonchev–Trinajstić information content (AvgIpc) is 3.22. The van der Waals surface area contributed by atoms with Gasteiger partial charge >= 0.3 is 11.8 Å². The standard InChI is InChI=1S/C20H21FN6O5/c1-3-14(23-19(31)20-27-26-10(2)32-20)16-24-15(13(9-28)17(29)25-16)18(30)22-8-11-4-6-12(21)7-5-11/h4-7,14,28H,3,8-9H2,1-2H3,(H,22,30)(H,23,31)(H,24,25,29). The highest BCUT2D eigenvalue weighted by atomic mass is 19.1. The minimum atomic E-state index is -0.779. The Morgan fingerprint density at radius 2 is 1.94 bits per heavy atom. The van der Waals surface area contributed by atoms with Gasteiger partial charge in [0.05, 0.1) is 18.2 Å². The fourth-order valence-corrected chi connectivity index (χ4v) is 2.86. The summed E-state index contributed by atoms with van der Waals surface area (Å²) in [5.41, 5.74) is -0.594. The van der Waals surface area contributed by atoms with Gasteiger partial charge in [-0.3, -0.25) is 14.4 Å². The molecule has 0 bridgehead atoms. The van der Waals surface area contributed by atoms with Crippen molar-refractivity contribution in [3.63, 3.8) is 0 Å². The summed E-state index contributed by atoms with van der Waals surface area (Å²) in [5.74, 6) is -1.82. The Morgan fingerprint density at radius 3 is 2.53 bits per heavy atom. The molecule has 2 aromatic heterocycles. The van der Waals surface area contributed by atoms with Crippen molar-refractivity contribution in [3.05, 3.63) is 74.9 Å². The molecule has 3 aromatic rings. The van der Waals surface area contributed by atoms with Gasteiger partial charge in [-0.2, -0.15) is 0 Å². The van der Waals surface area contributed by atoms with Crippen LogP contribution in [-0.2, 0) is 13.2 Å². The van der Waals surface area contributed by atoms with E-state index in [1.54, 1.807) is 6.92 Å². The highest BCUT2D eigenvalue weighted by Crippen LogP contribution is 2.14. The zero-order valence-electron chi connectivity index (χ0n) is 17.3. The lowest BCUT2D eigenvalue weighted by Gasteiger charge is -2.17. The Balaban J connectivity index is 1.83. The summed E-state index contributed by atoms with van der Waals surface area (Å²) in [7, 11) is 0. The van der Waals surface area contributed by atoms with Crippen LogP contribution in [0.3, 0.4) is 0 Å². The van der Waals surface area contributed by atoms with Gasteiger partial charge in [0.25, 0.3) is 11.5 Å². The number of aliphatic hydroxyl groups is 1. The molecule has 168 valence electrons. The molecule has 0 aliphatic carbocycles. The van der Waals surface area contributed by atoms with Crippen LogP contribution in [-0.4, -0.2) is 37.1 Å². The lowest BCUT2D eigenvalue weighted by Crippen LogP contribution is -2.34. The topological polar surface area (TPSA) is 163 Å². The van der Waals surface area contributed by atoms with Crippen molar-refractivity contribution in [3.8, 4) is 0 Å². The highest BCUT2D eigenvalue weighted by Gasteiger charge is 2.24. The van der Waals surface area contributed by atoms with E-state index in [0.717, 1.165) is 0 Å². The van der Waals surface area contributed by atoms with Crippen molar-refractivity contribution in [2.24, 2.45) is 0 Å². The lowest BCUT2D eigenvalue weighted by atomic mass is 10.1. The number of benzene rings is 1. The van der Waals surface area contributed by atoms with Gasteiger partial charge in [-0.15, -0.1) is 10.2 Å². The first-order valence-corrected chi connectivity index (χ1v) is 9.69. The van der Waals surface area contributed by atoms with Gasteiger partial charge in [-0.25, -0.2) is 9.37 Å². The van der Waals surface area contributed by atoms with Crippen LogP contribution in [0.4, 0.5) is 4.39 Å². The molecule has 1 unspecified atom stereocenters. The molecule has 12 heteroatoms. The van der Waals surface area contributed by atoms with E-state index in [-0.39, 0.29) is 35.4 Å². The molecule has 1 aromatic carbocycles. The van der Waals surface area contributed by atoms with Gasteiger partial charge in [0.1, 0.15) is 17.3 Å². The number of carbonyl (C=O) groups excluding carboxylic acids is 2. The number of rotatable bonds is 8. The van der Waals surface area contributed by atoms with Gasteiger partial charge < -0.3 is 25.1 Å². The Kier molecular flexibility index (Phi) is 7.05. The number of halogens is 1. The number of aromatic amines is 1. The second-order valence-corrected chi connectivity index (χ2v) is 6.81. The summed E-state index contributed by atoms with van der Waals surface area (Å²) in [6, 6.07) is 4.73. The first-order chi connectivity index (χ1) is 15.3. The first kappa shape index (κ1) is 22.7. The molecule has 0 aliphatic rings. The molecular formula is C20H21FN6O5. The molecule has 2 heterocycles. The van der Waals surface area contributed by atoms with E-state index in [1.165, 1.54) is 31.2 Å². The van der Waals surface area contributed by atoms with Crippen molar-refractivity contribution >= 4 is 11.8 Å². The van der Waals surface area contributed by atoms with Crippen LogP contribution < -0.4 is 16.2 Å². The molecule has 0 spiro atoms. The van der Waals surface area contributed by atoms with Gasteiger partial charge in [-0.1, -0.05) is 19.1 Å². The number of aliphatic hydroxyl groups excluding tert-OH is 1. The number of carbonyl (C=O) groups is 2. The van der Waals surface area contributed by atoms with Crippen LogP contribution in [0.25, 0.3) is 0 Å². The zero-order chi connectivity index (χ0) is 23.3. The molecule has 3 rings (SSSR count). The van der Waals surface area contributed by atoms with E-state index in [1.807, 2.05) is 0 Å². The van der Waals surface area contributed by atoms with Crippen LogP contribution >= 0.6 is 0 Å².